The quantitative estimate of drug-likeness (QED) is 0.843. The molecule has 1 aromatic rings. The Morgan fingerprint density at radius 1 is 1.35 bits per heavy atom. The molecular formula is C13H14O4. The maximum absolute atomic E-state index is 11.4. The Bertz CT molecular complexity index is 455. The lowest BCUT2D eigenvalue weighted by atomic mass is 10.1. The van der Waals surface area contributed by atoms with Gasteiger partial charge in [-0.05, 0) is 31.4 Å². The van der Waals surface area contributed by atoms with E-state index in [1.807, 2.05) is 0 Å². The molecule has 1 fully saturated rings. The zero-order valence-corrected chi connectivity index (χ0v) is 9.39. The molecule has 4 nitrogen and oxygen atoms in total. The van der Waals surface area contributed by atoms with Gasteiger partial charge >= 0.3 is 0 Å². The van der Waals surface area contributed by atoms with Crippen LogP contribution in [-0.4, -0.2) is 29.7 Å². The zero-order valence-electron chi connectivity index (χ0n) is 9.39. The van der Waals surface area contributed by atoms with Gasteiger partial charge in [0.1, 0.15) is 17.6 Å². The SMILES string of the molecule is O=C1COc2cc(OC3CCCC3O)ccc21. The largest absolute Gasteiger partial charge is 0.488 e. The summed E-state index contributed by atoms with van der Waals surface area (Å²) >= 11 is 0. The fraction of sp³-hybridized carbons (Fsp3) is 0.462. The molecule has 2 aliphatic rings. The van der Waals surface area contributed by atoms with Crippen LogP contribution in [0.15, 0.2) is 18.2 Å². The summed E-state index contributed by atoms with van der Waals surface area (Å²) in [7, 11) is 0. The highest BCUT2D eigenvalue weighted by molar-refractivity contribution is 6.02. The summed E-state index contributed by atoms with van der Waals surface area (Å²) in [4.78, 5) is 11.4. The molecule has 0 aromatic heterocycles. The van der Waals surface area contributed by atoms with E-state index in [0.717, 1.165) is 19.3 Å². The number of carbonyl (C=O) groups excluding carboxylic acids is 1. The van der Waals surface area contributed by atoms with E-state index in [-0.39, 0.29) is 24.6 Å². The number of hydrogen-bond acceptors (Lipinski definition) is 4. The molecule has 0 spiro atoms. The van der Waals surface area contributed by atoms with Crippen LogP contribution in [-0.2, 0) is 0 Å². The Morgan fingerprint density at radius 2 is 2.24 bits per heavy atom. The lowest BCUT2D eigenvalue weighted by Gasteiger charge is -2.17. The van der Waals surface area contributed by atoms with E-state index in [1.54, 1.807) is 18.2 Å². The first-order valence-electron chi connectivity index (χ1n) is 5.89. The number of benzene rings is 1. The summed E-state index contributed by atoms with van der Waals surface area (Å²) in [6.45, 7) is 0.116. The van der Waals surface area contributed by atoms with Crippen molar-refractivity contribution in [1.29, 1.82) is 0 Å². The van der Waals surface area contributed by atoms with Crippen molar-refractivity contribution < 1.29 is 19.4 Å². The van der Waals surface area contributed by atoms with Crippen molar-refractivity contribution >= 4 is 5.78 Å². The van der Waals surface area contributed by atoms with Crippen molar-refractivity contribution in [3.05, 3.63) is 23.8 Å². The summed E-state index contributed by atoms with van der Waals surface area (Å²) < 4.78 is 11.0. The molecule has 2 atom stereocenters. The maximum atomic E-state index is 11.4. The molecule has 0 radical (unpaired) electrons. The highest BCUT2D eigenvalue weighted by Crippen LogP contribution is 2.31. The van der Waals surface area contributed by atoms with Crippen LogP contribution < -0.4 is 9.47 Å². The number of Topliss-reactive ketones (excluding diaryl/α,β-unsaturated/α-hetero) is 1. The van der Waals surface area contributed by atoms with Gasteiger partial charge in [-0.3, -0.25) is 4.79 Å². The second-order valence-electron chi connectivity index (χ2n) is 4.52. The summed E-state index contributed by atoms with van der Waals surface area (Å²) in [5.74, 6) is 1.25. The molecule has 1 heterocycles. The third-order valence-corrected chi connectivity index (χ3v) is 3.32. The lowest BCUT2D eigenvalue weighted by molar-refractivity contribution is 0.0603. The average molecular weight is 234 g/mol. The van der Waals surface area contributed by atoms with Crippen LogP contribution >= 0.6 is 0 Å². The van der Waals surface area contributed by atoms with Crippen LogP contribution in [0, 0.1) is 0 Å². The summed E-state index contributed by atoms with van der Waals surface area (Å²) in [6, 6.07) is 5.21. The first-order valence-corrected chi connectivity index (χ1v) is 5.89. The number of ether oxygens (including phenoxy) is 2. The van der Waals surface area contributed by atoms with Crippen LogP contribution in [0.2, 0.25) is 0 Å². The molecule has 1 saturated carbocycles. The molecule has 1 aliphatic carbocycles. The Kier molecular flexibility index (Phi) is 2.52. The van der Waals surface area contributed by atoms with E-state index >= 15 is 0 Å². The zero-order chi connectivity index (χ0) is 11.8. The molecule has 1 aromatic carbocycles. The van der Waals surface area contributed by atoms with Gasteiger partial charge in [0.2, 0.25) is 5.78 Å². The maximum Gasteiger partial charge on any atom is 0.203 e. The summed E-state index contributed by atoms with van der Waals surface area (Å²) in [6.07, 6.45) is 2.14. The minimum absolute atomic E-state index is 0.00690. The highest BCUT2D eigenvalue weighted by atomic mass is 16.5. The van der Waals surface area contributed by atoms with Crippen molar-refractivity contribution in [1.82, 2.24) is 0 Å². The molecule has 0 amide bonds. The number of carbonyl (C=O) groups is 1. The Labute approximate surface area is 99.2 Å². The second-order valence-corrected chi connectivity index (χ2v) is 4.52. The first-order chi connectivity index (χ1) is 8.24. The van der Waals surface area contributed by atoms with Crippen molar-refractivity contribution in [3.8, 4) is 11.5 Å². The number of hydrogen-bond donors (Lipinski definition) is 1. The summed E-state index contributed by atoms with van der Waals surface area (Å²) in [5.41, 5.74) is 0.615. The fourth-order valence-corrected chi connectivity index (χ4v) is 2.37. The van der Waals surface area contributed by atoms with Gasteiger partial charge in [0.15, 0.2) is 6.61 Å². The molecule has 4 heteroatoms. The summed E-state index contributed by atoms with van der Waals surface area (Å²) in [5, 5.41) is 9.68. The van der Waals surface area contributed by atoms with Crippen LogP contribution in [0.4, 0.5) is 0 Å². The van der Waals surface area contributed by atoms with Crippen LogP contribution in [0.25, 0.3) is 0 Å². The van der Waals surface area contributed by atoms with E-state index in [1.165, 1.54) is 0 Å². The van der Waals surface area contributed by atoms with E-state index in [0.29, 0.717) is 17.1 Å². The molecule has 1 aliphatic heterocycles. The van der Waals surface area contributed by atoms with Crippen molar-refractivity contribution in [2.24, 2.45) is 0 Å². The molecule has 0 bridgehead atoms. The van der Waals surface area contributed by atoms with E-state index in [9.17, 15) is 9.90 Å². The normalized spacial score (nSPS) is 26.8. The van der Waals surface area contributed by atoms with E-state index in [2.05, 4.69) is 0 Å². The van der Waals surface area contributed by atoms with Gasteiger partial charge in [0.25, 0.3) is 0 Å². The minimum Gasteiger partial charge on any atom is -0.488 e. The molecule has 2 unspecified atom stereocenters. The van der Waals surface area contributed by atoms with Gasteiger partial charge in [-0.25, -0.2) is 0 Å². The first kappa shape index (κ1) is 10.6. The third-order valence-electron chi connectivity index (χ3n) is 3.32. The molecular weight excluding hydrogens is 220 g/mol. The highest BCUT2D eigenvalue weighted by Gasteiger charge is 2.28. The van der Waals surface area contributed by atoms with E-state index in [4.69, 9.17) is 9.47 Å². The third kappa shape index (κ3) is 1.89. The second kappa shape index (κ2) is 4.04. The fourth-order valence-electron chi connectivity index (χ4n) is 2.37. The topological polar surface area (TPSA) is 55.8 Å². The van der Waals surface area contributed by atoms with Gasteiger partial charge in [-0.2, -0.15) is 0 Å². The smallest absolute Gasteiger partial charge is 0.203 e. The van der Waals surface area contributed by atoms with Gasteiger partial charge < -0.3 is 14.6 Å². The Hall–Kier alpha value is -1.55. The average Bonchev–Trinajstić information content (AvgIpc) is 2.87. The number of ketones is 1. The molecule has 17 heavy (non-hydrogen) atoms. The van der Waals surface area contributed by atoms with Crippen LogP contribution in [0.3, 0.4) is 0 Å². The Balaban J connectivity index is 1.78. The van der Waals surface area contributed by atoms with Gasteiger partial charge in [0.05, 0.1) is 11.7 Å². The molecule has 90 valence electrons. The lowest BCUT2D eigenvalue weighted by Crippen LogP contribution is -2.25. The van der Waals surface area contributed by atoms with Gasteiger partial charge in [0, 0.05) is 6.07 Å². The number of fused-ring (bicyclic) bond motifs is 1. The Morgan fingerprint density at radius 3 is 3.00 bits per heavy atom. The van der Waals surface area contributed by atoms with Crippen molar-refractivity contribution in [2.45, 2.75) is 31.5 Å². The van der Waals surface area contributed by atoms with Crippen LogP contribution in [0.1, 0.15) is 29.6 Å². The van der Waals surface area contributed by atoms with E-state index < -0.39 is 0 Å². The predicted molar refractivity (Wildman–Crippen MR) is 60.5 cm³/mol. The minimum atomic E-state index is -0.384. The van der Waals surface area contributed by atoms with Gasteiger partial charge in [-0.1, -0.05) is 0 Å². The predicted octanol–water partition coefficient (Wildman–Crippen LogP) is 1.55. The number of aliphatic hydroxyl groups is 1. The molecule has 1 N–H and O–H groups in total. The number of rotatable bonds is 2. The standard InChI is InChI=1S/C13H14O4/c14-10-2-1-3-12(10)17-8-4-5-9-11(15)7-16-13(9)6-8/h4-6,10,12,14H,1-3,7H2. The number of aliphatic hydroxyl groups excluding tert-OH is 1. The molecule has 3 rings (SSSR count). The van der Waals surface area contributed by atoms with Crippen molar-refractivity contribution in [3.63, 3.8) is 0 Å². The van der Waals surface area contributed by atoms with Gasteiger partial charge in [-0.15, -0.1) is 0 Å². The van der Waals surface area contributed by atoms with Crippen molar-refractivity contribution in [2.75, 3.05) is 6.61 Å². The monoisotopic (exact) mass is 234 g/mol. The molecule has 0 saturated heterocycles. The van der Waals surface area contributed by atoms with Crippen LogP contribution in [0.5, 0.6) is 11.5 Å².